The monoisotopic (exact) mass is 449 g/mol. The molecule has 1 fully saturated rings. The van der Waals surface area contributed by atoms with Gasteiger partial charge in [-0.05, 0) is 43.5 Å². The lowest BCUT2D eigenvalue weighted by atomic mass is 10.0. The largest absolute Gasteiger partial charge is 0.378 e. The van der Waals surface area contributed by atoms with E-state index in [0.29, 0.717) is 13.2 Å². The third kappa shape index (κ3) is 4.12. The van der Waals surface area contributed by atoms with Gasteiger partial charge in [-0.3, -0.25) is 9.36 Å². The highest BCUT2D eigenvalue weighted by Crippen LogP contribution is 2.33. The Morgan fingerprint density at radius 3 is 2.56 bits per heavy atom. The van der Waals surface area contributed by atoms with Gasteiger partial charge in [0.25, 0.3) is 0 Å². The Labute approximate surface area is 192 Å². The zero-order chi connectivity index (χ0) is 21.9. The predicted molar refractivity (Wildman–Crippen MR) is 127 cm³/mol. The molecule has 7 nitrogen and oxygen atoms in total. The van der Waals surface area contributed by atoms with Gasteiger partial charge < -0.3 is 14.5 Å². The first kappa shape index (κ1) is 21.0. The molecular formula is C24H27N5O2S. The Morgan fingerprint density at radius 1 is 1.00 bits per heavy atom. The Morgan fingerprint density at radius 2 is 1.75 bits per heavy atom. The molecule has 1 amide bonds. The summed E-state index contributed by atoms with van der Waals surface area (Å²) < 4.78 is 7.57. The van der Waals surface area contributed by atoms with Crippen molar-refractivity contribution in [1.82, 2.24) is 14.8 Å². The molecule has 3 heterocycles. The van der Waals surface area contributed by atoms with Gasteiger partial charge in [-0.1, -0.05) is 48.2 Å². The maximum atomic E-state index is 13.4. The number of rotatable bonds is 5. The summed E-state index contributed by atoms with van der Waals surface area (Å²) in [6.45, 7) is 5.61. The van der Waals surface area contributed by atoms with Gasteiger partial charge in [0.1, 0.15) is 0 Å². The van der Waals surface area contributed by atoms with E-state index in [9.17, 15) is 4.79 Å². The van der Waals surface area contributed by atoms with E-state index in [0.717, 1.165) is 55.0 Å². The number of aryl methyl sites for hydroxylation is 1. The molecule has 166 valence electrons. The molecule has 5 rings (SSSR count). The minimum Gasteiger partial charge on any atom is -0.378 e. The lowest BCUT2D eigenvalue weighted by molar-refractivity contribution is -0.117. The fourth-order valence-corrected chi connectivity index (χ4v) is 5.22. The van der Waals surface area contributed by atoms with E-state index in [1.807, 2.05) is 60.4 Å². The lowest BCUT2D eigenvalue weighted by Gasteiger charge is -2.31. The highest BCUT2D eigenvalue weighted by atomic mass is 32.2. The van der Waals surface area contributed by atoms with Gasteiger partial charge in [0.2, 0.25) is 11.9 Å². The van der Waals surface area contributed by atoms with Gasteiger partial charge >= 0.3 is 0 Å². The normalized spacial score (nSPS) is 17.2. The lowest BCUT2D eigenvalue weighted by Crippen LogP contribution is -2.40. The number of thioether (sulfide) groups is 1. The van der Waals surface area contributed by atoms with Crippen LogP contribution in [0.2, 0.25) is 0 Å². The van der Waals surface area contributed by atoms with E-state index in [1.54, 1.807) is 0 Å². The van der Waals surface area contributed by atoms with E-state index >= 15 is 0 Å². The van der Waals surface area contributed by atoms with Crippen LogP contribution in [0.1, 0.15) is 18.9 Å². The third-order valence-corrected chi connectivity index (χ3v) is 6.96. The molecule has 1 atom stereocenters. The van der Waals surface area contributed by atoms with Crippen LogP contribution in [0.25, 0.3) is 5.69 Å². The van der Waals surface area contributed by atoms with Crippen LogP contribution in [0.5, 0.6) is 0 Å². The Balaban J connectivity index is 1.43. The van der Waals surface area contributed by atoms with E-state index in [2.05, 4.69) is 25.7 Å². The van der Waals surface area contributed by atoms with Crippen LogP contribution >= 0.6 is 11.8 Å². The standard InChI is InChI=1S/C24H27N5O2S/c1-18(22(30)28-13-7-9-19-8-5-6-12-21(19)28)32-24-26-25-23(27-14-16-31-17-15-27)29(24)20-10-3-2-4-11-20/h2-6,8,10-12,18H,7,9,13-17H2,1H3. The molecule has 1 unspecified atom stereocenters. The Bertz CT molecular complexity index is 1080. The van der Waals surface area contributed by atoms with Gasteiger partial charge in [0.05, 0.1) is 24.2 Å². The van der Waals surface area contributed by atoms with Crippen LogP contribution in [0, 0.1) is 0 Å². The number of carbonyl (C=O) groups excluding carboxylic acids is 1. The number of morpholine rings is 1. The number of amides is 1. The molecular weight excluding hydrogens is 422 g/mol. The molecule has 0 radical (unpaired) electrons. The van der Waals surface area contributed by atoms with Crippen LogP contribution in [-0.2, 0) is 16.0 Å². The zero-order valence-electron chi connectivity index (χ0n) is 18.2. The van der Waals surface area contributed by atoms with Crippen LogP contribution in [-0.4, -0.2) is 58.8 Å². The summed E-state index contributed by atoms with van der Waals surface area (Å²) in [5, 5.41) is 9.46. The van der Waals surface area contributed by atoms with Crippen LogP contribution < -0.4 is 9.80 Å². The van der Waals surface area contributed by atoms with E-state index in [4.69, 9.17) is 4.74 Å². The van der Waals surface area contributed by atoms with Crippen LogP contribution in [0.3, 0.4) is 0 Å². The molecule has 1 aromatic heterocycles. The second-order valence-electron chi connectivity index (χ2n) is 8.04. The zero-order valence-corrected chi connectivity index (χ0v) is 19.0. The van der Waals surface area contributed by atoms with Crippen molar-refractivity contribution in [3.8, 4) is 5.69 Å². The quantitative estimate of drug-likeness (QED) is 0.555. The number of aromatic nitrogens is 3. The Hall–Kier alpha value is -2.84. The minimum atomic E-state index is -0.287. The van der Waals surface area contributed by atoms with Crippen LogP contribution in [0.4, 0.5) is 11.6 Å². The van der Waals surface area contributed by atoms with Crippen molar-refractivity contribution in [3.05, 3.63) is 60.2 Å². The molecule has 0 saturated carbocycles. The summed E-state index contributed by atoms with van der Waals surface area (Å²) in [7, 11) is 0. The number of para-hydroxylation sites is 2. The first-order valence-corrected chi connectivity index (χ1v) is 12.0. The topological polar surface area (TPSA) is 63.5 Å². The molecule has 0 bridgehead atoms. The fourth-order valence-electron chi connectivity index (χ4n) is 4.30. The summed E-state index contributed by atoms with van der Waals surface area (Å²) >= 11 is 1.47. The predicted octanol–water partition coefficient (Wildman–Crippen LogP) is 3.56. The Kier molecular flexibility index (Phi) is 6.14. The van der Waals surface area contributed by atoms with Gasteiger partial charge in [0.15, 0.2) is 5.16 Å². The first-order valence-electron chi connectivity index (χ1n) is 11.1. The average molecular weight is 450 g/mol. The van der Waals surface area contributed by atoms with Crippen molar-refractivity contribution in [3.63, 3.8) is 0 Å². The van der Waals surface area contributed by atoms with Crippen LogP contribution in [0.15, 0.2) is 59.8 Å². The van der Waals surface area contributed by atoms with Crippen molar-refractivity contribution in [2.24, 2.45) is 0 Å². The molecule has 0 spiro atoms. The summed E-state index contributed by atoms with van der Waals surface area (Å²) in [6.07, 6.45) is 2.01. The molecule has 32 heavy (non-hydrogen) atoms. The number of hydrogen-bond donors (Lipinski definition) is 0. The number of anilines is 2. The molecule has 0 N–H and O–H groups in total. The summed E-state index contributed by atoms with van der Waals surface area (Å²) in [5.74, 6) is 0.905. The highest BCUT2D eigenvalue weighted by molar-refractivity contribution is 8.00. The van der Waals surface area contributed by atoms with Crippen molar-refractivity contribution >= 4 is 29.3 Å². The number of hydrogen-bond acceptors (Lipinski definition) is 6. The van der Waals surface area contributed by atoms with Crippen molar-refractivity contribution < 1.29 is 9.53 Å². The van der Waals surface area contributed by atoms with Gasteiger partial charge in [-0.15, -0.1) is 10.2 Å². The summed E-state index contributed by atoms with van der Waals surface area (Å²) in [4.78, 5) is 17.6. The molecule has 8 heteroatoms. The molecule has 1 saturated heterocycles. The van der Waals surface area contributed by atoms with E-state index in [-0.39, 0.29) is 11.2 Å². The first-order chi connectivity index (χ1) is 15.7. The van der Waals surface area contributed by atoms with Gasteiger partial charge in [-0.25, -0.2) is 0 Å². The number of fused-ring (bicyclic) bond motifs is 1. The molecule has 3 aromatic rings. The smallest absolute Gasteiger partial charge is 0.240 e. The van der Waals surface area contributed by atoms with E-state index < -0.39 is 0 Å². The third-order valence-electron chi connectivity index (χ3n) is 5.93. The number of carbonyl (C=O) groups is 1. The van der Waals surface area contributed by atoms with Gasteiger partial charge in [-0.2, -0.15) is 0 Å². The maximum Gasteiger partial charge on any atom is 0.240 e. The summed E-state index contributed by atoms with van der Waals surface area (Å²) in [6, 6.07) is 18.3. The number of ether oxygens (including phenoxy) is 1. The fraction of sp³-hybridized carbons (Fsp3) is 0.375. The average Bonchev–Trinajstić information content (AvgIpc) is 3.27. The SMILES string of the molecule is CC(Sc1nnc(N2CCOCC2)n1-c1ccccc1)C(=O)N1CCCc2ccccc21. The number of benzene rings is 2. The second-order valence-corrected chi connectivity index (χ2v) is 9.34. The van der Waals surface area contributed by atoms with Gasteiger partial charge in [0, 0.05) is 25.3 Å². The molecule has 2 aliphatic rings. The maximum absolute atomic E-state index is 13.4. The highest BCUT2D eigenvalue weighted by Gasteiger charge is 2.29. The van der Waals surface area contributed by atoms with Crippen molar-refractivity contribution in [2.45, 2.75) is 30.2 Å². The molecule has 2 aliphatic heterocycles. The summed E-state index contributed by atoms with van der Waals surface area (Å²) in [5.41, 5.74) is 3.27. The molecule has 0 aliphatic carbocycles. The van der Waals surface area contributed by atoms with Crippen molar-refractivity contribution in [1.29, 1.82) is 0 Å². The van der Waals surface area contributed by atoms with Crippen molar-refractivity contribution in [2.75, 3.05) is 42.6 Å². The minimum absolute atomic E-state index is 0.109. The second kappa shape index (κ2) is 9.34. The van der Waals surface area contributed by atoms with E-state index in [1.165, 1.54) is 17.3 Å². The number of nitrogens with zero attached hydrogens (tertiary/aromatic N) is 5. The molecule has 2 aromatic carbocycles.